The van der Waals surface area contributed by atoms with Crippen LogP contribution in [0.5, 0.6) is 0 Å². The molecule has 2 atom stereocenters. The van der Waals surface area contributed by atoms with Crippen LogP contribution in [0.4, 0.5) is 0 Å². The first-order valence-electron chi connectivity index (χ1n) is 4.47. The molecule has 0 aromatic rings. The highest BCUT2D eigenvalue weighted by atomic mass is 35.5. The molecular formula is C8H11Cl2NO3S2. The third kappa shape index (κ3) is 4.86. The number of hydrogen-bond donors (Lipinski definition) is 1. The second kappa shape index (κ2) is 6.05. The van der Waals surface area contributed by atoms with E-state index >= 15 is 0 Å². The van der Waals surface area contributed by atoms with Gasteiger partial charge in [-0.25, -0.2) is 8.42 Å². The maximum absolute atomic E-state index is 11.1. The molecule has 0 bridgehead atoms. The first-order valence-corrected chi connectivity index (χ1v) is 7.56. The van der Waals surface area contributed by atoms with Crippen molar-refractivity contribution in [2.45, 2.75) is 11.4 Å². The molecule has 0 radical (unpaired) electrons. The van der Waals surface area contributed by atoms with E-state index in [9.17, 15) is 8.42 Å². The van der Waals surface area contributed by atoms with Crippen molar-refractivity contribution in [3.8, 4) is 0 Å². The molecule has 0 spiro atoms. The molecule has 0 unspecified atom stereocenters. The number of rotatable bonds is 4. The molecule has 1 heterocycles. The Morgan fingerprint density at radius 3 is 2.88 bits per heavy atom. The molecule has 4 nitrogen and oxygen atoms in total. The van der Waals surface area contributed by atoms with Gasteiger partial charge in [-0.2, -0.15) is 0 Å². The number of halogens is 2. The second-order valence-corrected chi connectivity index (χ2v) is 6.49. The summed E-state index contributed by atoms with van der Waals surface area (Å²) in [5.41, 5.74) is 0. The van der Waals surface area contributed by atoms with Crippen LogP contribution < -0.4 is 5.32 Å². The van der Waals surface area contributed by atoms with E-state index in [4.69, 9.17) is 40.2 Å². The summed E-state index contributed by atoms with van der Waals surface area (Å²) in [6.07, 6.45) is 1.53. The predicted molar refractivity (Wildman–Crippen MR) is 68.8 cm³/mol. The Kier molecular flexibility index (Phi) is 5.30. The van der Waals surface area contributed by atoms with Crippen LogP contribution in [-0.2, 0) is 14.6 Å². The highest BCUT2D eigenvalue weighted by Crippen LogP contribution is 2.08. The number of hydrogen-bond acceptors (Lipinski definition) is 4. The Balaban J connectivity index is 2.29. The molecule has 0 saturated carbocycles. The zero-order chi connectivity index (χ0) is 12.2. The van der Waals surface area contributed by atoms with Gasteiger partial charge in [0.2, 0.25) is 0 Å². The van der Waals surface area contributed by atoms with Crippen LogP contribution in [0.3, 0.4) is 0 Å². The van der Waals surface area contributed by atoms with Gasteiger partial charge >= 0.3 is 0 Å². The lowest BCUT2D eigenvalue weighted by molar-refractivity contribution is 0.300. The van der Waals surface area contributed by atoms with Gasteiger partial charge in [0.15, 0.2) is 9.84 Å². The van der Waals surface area contributed by atoms with E-state index < -0.39 is 9.84 Å². The molecule has 92 valence electrons. The summed E-state index contributed by atoms with van der Waals surface area (Å²) in [4.78, 5) is 0. The van der Waals surface area contributed by atoms with Crippen molar-refractivity contribution >= 4 is 50.4 Å². The van der Waals surface area contributed by atoms with Crippen molar-refractivity contribution < 1.29 is 13.2 Å². The van der Waals surface area contributed by atoms with Gasteiger partial charge < -0.3 is 10.1 Å². The van der Waals surface area contributed by atoms with Crippen LogP contribution in [0.1, 0.15) is 0 Å². The number of nitrogens with one attached hydrogen (secondary N) is 1. The van der Waals surface area contributed by atoms with Gasteiger partial charge in [-0.05, 0) is 18.3 Å². The lowest BCUT2D eigenvalue weighted by atomic mass is 10.3. The molecule has 16 heavy (non-hydrogen) atoms. The lowest BCUT2D eigenvalue weighted by Gasteiger charge is -2.14. The fourth-order valence-corrected chi connectivity index (χ4v) is 2.68. The first-order chi connectivity index (χ1) is 7.43. The highest BCUT2D eigenvalue weighted by Gasteiger charge is 2.22. The fourth-order valence-electron chi connectivity index (χ4n) is 1.07. The molecule has 0 fully saturated rings. The largest absolute Gasteiger partial charge is 0.469 e. The van der Waals surface area contributed by atoms with Crippen LogP contribution in [0.25, 0.3) is 0 Å². The molecule has 0 amide bonds. The average molecular weight is 304 g/mol. The third-order valence-electron chi connectivity index (χ3n) is 1.80. The summed E-state index contributed by atoms with van der Waals surface area (Å²) in [7, 11) is -3.08. The normalized spacial score (nSPS) is 24.0. The minimum Gasteiger partial charge on any atom is -0.469 e. The molecule has 0 aliphatic carbocycles. The minimum atomic E-state index is -3.08. The number of thiocarbonyl (C=S) groups is 1. The minimum absolute atomic E-state index is 0.00366. The van der Waals surface area contributed by atoms with E-state index in [0.29, 0.717) is 0 Å². The summed E-state index contributed by atoms with van der Waals surface area (Å²) in [5.74, 6) is 0.262. The van der Waals surface area contributed by atoms with Gasteiger partial charge in [0.25, 0.3) is 5.17 Å². The van der Waals surface area contributed by atoms with E-state index in [2.05, 4.69) is 5.32 Å². The van der Waals surface area contributed by atoms with E-state index in [1.165, 1.54) is 6.08 Å². The highest BCUT2D eigenvalue weighted by molar-refractivity contribution is 7.94. The van der Waals surface area contributed by atoms with E-state index in [0.717, 1.165) is 5.41 Å². The van der Waals surface area contributed by atoms with E-state index in [-0.39, 0.29) is 34.8 Å². The number of ether oxygens (including phenoxy) is 1. The molecule has 8 heteroatoms. The van der Waals surface area contributed by atoms with Gasteiger partial charge in [0.1, 0.15) is 6.61 Å². The first kappa shape index (κ1) is 14.0. The molecular weight excluding hydrogens is 293 g/mol. The van der Waals surface area contributed by atoms with Crippen molar-refractivity contribution in [2.75, 3.05) is 18.2 Å². The van der Waals surface area contributed by atoms with Gasteiger partial charge in [-0.1, -0.05) is 0 Å². The van der Waals surface area contributed by atoms with Crippen molar-refractivity contribution in [2.24, 2.45) is 0 Å². The maximum Gasteiger partial charge on any atom is 0.257 e. The molecule has 1 rings (SSSR count). The summed E-state index contributed by atoms with van der Waals surface area (Å²) >= 11 is 16.1. The predicted octanol–water partition coefficient (Wildman–Crippen LogP) is 1.03. The van der Waals surface area contributed by atoms with Gasteiger partial charge in [-0.15, -0.1) is 23.2 Å². The van der Waals surface area contributed by atoms with Crippen LogP contribution >= 0.6 is 35.4 Å². The van der Waals surface area contributed by atoms with Gasteiger partial charge in [0, 0.05) is 11.3 Å². The molecule has 0 saturated heterocycles. The van der Waals surface area contributed by atoms with Crippen LogP contribution in [0, 0.1) is 0 Å². The van der Waals surface area contributed by atoms with Crippen molar-refractivity contribution in [1.82, 2.24) is 5.32 Å². The second-order valence-electron chi connectivity index (χ2n) is 3.26. The summed E-state index contributed by atoms with van der Waals surface area (Å²) in [6, 6.07) is -0.331. The Labute approximate surface area is 110 Å². The summed E-state index contributed by atoms with van der Waals surface area (Å²) in [6.45, 7) is 0.195. The Morgan fingerprint density at radius 1 is 1.69 bits per heavy atom. The van der Waals surface area contributed by atoms with E-state index in [1.54, 1.807) is 0 Å². The Bertz CT molecular complexity index is 383. The average Bonchev–Trinajstić information content (AvgIpc) is 2.54. The molecule has 1 aliphatic rings. The van der Waals surface area contributed by atoms with Crippen molar-refractivity contribution in [1.29, 1.82) is 0 Å². The number of alkyl halides is 2. The SMILES string of the molecule is O=S1(=O)C=C[C@@H](NC(=S)OC[C@H](Cl)CCl)C1. The Hall–Kier alpha value is -0.0400. The van der Waals surface area contributed by atoms with Gasteiger partial charge in [0.05, 0.1) is 17.2 Å². The lowest BCUT2D eigenvalue weighted by Crippen LogP contribution is -2.36. The zero-order valence-electron chi connectivity index (χ0n) is 8.23. The standard InChI is InChI=1S/C8H11Cl2NO3S2/c9-3-6(10)4-14-8(15)11-7-1-2-16(12,13)5-7/h1-2,6-7H,3-5H2,(H,11,15)/t6-,7-/m1/s1. The smallest absolute Gasteiger partial charge is 0.257 e. The maximum atomic E-state index is 11.1. The monoisotopic (exact) mass is 303 g/mol. The summed E-state index contributed by atoms with van der Waals surface area (Å²) < 4.78 is 27.3. The topological polar surface area (TPSA) is 55.4 Å². The van der Waals surface area contributed by atoms with Crippen LogP contribution in [0.15, 0.2) is 11.5 Å². The Morgan fingerprint density at radius 2 is 2.38 bits per heavy atom. The molecule has 0 aromatic carbocycles. The fraction of sp³-hybridized carbons (Fsp3) is 0.625. The number of sulfone groups is 1. The quantitative estimate of drug-likeness (QED) is 0.621. The van der Waals surface area contributed by atoms with E-state index in [1.807, 2.05) is 0 Å². The molecule has 1 N–H and O–H groups in total. The zero-order valence-corrected chi connectivity index (χ0v) is 11.4. The summed E-state index contributed by atoms with van der Waals surface area (Å²) in [5, 5.41) is 3.73. The molecule has 1 aliphatic heterocycles. The van der Waals surface area contributed by atoms with Gasteiger partial charge in [-0.3, -0.25) is 0 Å². The van der Waals surface area contributed by atoms with Crippen LogP contribution in [0.2, 0.25) is 0 Å². The van der Waals surface area contributed by atoms with Crippen molar-refractivity contribution in [3.05, 3.63) is 11.5 Å². The van der Waals surface area contributed by atoms with Crippen molar-refractivity contribution in [3.63, 3.8) is 0 Å². The van der Waals surface area contributed by atoms with Crippen LogP contribution in [-0.4, -0.2) is 43.3 Å². The third-order valence-corrected chi connectivity index (χ3v) is 4.24. The molecule has 0 aromatic heterocycles.